The van der Waals surface area contributed by atoms with Gasteiger partial charge in [-0.2, -0.15) is 5.26 Å². The lowest BCUT2D eigenvalue weighted by Gasteiger charge is -2.27. The highest BCUT2D eigenvalue weighted by molar-refractivity contribution is 6.04. The van der Waals surface area contributed by atoms with E-state index in [0.717, 1.165) is 30.4 Å². The Bertz CT molecular complexity index is 1070. The van der Waals surface area contributed by atoms with E-state index in [0.29, 0.717) is 17.0 Å². The molecule has 2 aromatic rings. The molecule has 0 heterocycles. The highest BCUT2D eigenvalue weighted by atomic mass is 19.1. The van der Waals surface area contributed by atoms with E-state index < -0.39 is 17.5 Å². The van der Waals surface area contributed by atoms with Crippen molar-refractivity contribution in [1.82, 2.24) is 0 Å². The van der Waals surface area contributed by atoms with E-state index >= 15 is 0 Å². The molecule has 33 heavy (non-hydrogen) atoms. The molecule has 3 rings (SSSR count). The molecule has 0 spiro atoms. The minimum absolute atomic E-state index is 0.0405. The average molecular weight is 454 g/mol. The zero-order valence-corrected chi connectivity index (χ0v) is 20.1. The van der Waals surface area contributed by atoms with E-state index in [9.17, 15) is 9.18 Å². The topological polar surface area (TPSA) is 95.2 Å². The summed E-state index contributed by atoms with van der Waals surface area (Å²) in [7, 11) is 0. The quantitative estimate of drug-likeness (QED) is 0.491. The van der Waals surface area contributed by atoms with E-state index in [1.807, 2.05) is 19.9 Å². The zero-order valence-electron chi connectivity index (χ0n) is 20.1. The van der Waals surface area contributed by atoms with Crippen molar-refractivity contribution in [2.24, 2.45) is 0 Å². The Morgan fingerprint density at radius 3 is 2.55 bits per heavy atom. The molecule has 1 aliphatic rings. The van der Waals surface area contributed by atoms with Crippen LogP contribution in [0.2, 0.25) is 0 Å². The number of carbonyl (C=O) groups is 1. The molecular weight excluding hydrogens is 421 g/mol. The molecule has 0 saturated carbocycles. The Kier molecular flexibility index (Phi) is 8.58. The fourth-order valence-electron chi connectivity index (χ4n) is 3.58. The van der Waals surface area contributed by atoms with Gasteiger partial charge in [-0.05, 0) is 88.4 Å². The molecule has 1 atom stereocenters. The van der Waals surface area contributed by atoms with Crippen LogP contribution in [0.25, 0.3) is 0 Å². The summed E-state index contributed by atoms with van der Waals surface area (Å²) in [6.07, 6.45) is 1.40. The Balaban J connectivity index is 0.00000187. The molecule has 0 aromatic heterocycles. The lowest BCUT2D eigenvalue weighted by molar-refractivity contribution is 0.0636. The SMILES string of the molecule is CC.CC(=N)c1cc(OC2CCCc3cc(C#N)c(F)cc32)ccc1NC(=O)OC(C)(C)C. The number of hydrogen-bond acceptors (Lipinski definition) is 5. The van der Waals surface area contributed by atoms with Gasteiger partial charge in [-0.1, -0.05) is 13.8 Å². The molecule has 0 fully saturated rings. The van der Waals surface area contributed by atoms with Crippen molar-refractivity contribution >= 4 is 17.5 Å². The van der Waals surface area contributed by atoms with Crippen LogP contribution in [0.1, 0.15) is 82.7 Å². The third-order valence-corrected chi connectivity index (χ3v) is 4.92. The van der Waals surface area contributed by atoms with Gasteiger partial charge in [0.25, 0.3) is 0 Å². The van der Waals surface area contributed by atoms with Crippen LogP contribution in [0.15, 0.2) is 30.3 Å². The van der Waals surface area contributed by atoms with Crippen LogP contribution < -0.4 is 10.1 Å². The maximum Gasteiger partial charge on any atom is 0.412 e. The summed E-state index contributed by atoms with van der Waals surface area (Å²) in [5, 5.41) is 19.8. The van der Waals surface area contributed by atoms with Gasteiger partial charge >= 0.3 is 6.09 Å². The fourth-order valence-corrected chi connectivity index (χ4v) is 3.58. The van der Waals surface area contributed by atoms with Crippen LogP contribution in [0.5, 0.6) is 5.75 Å². The summed E-state index contributed by atoms with van der Waals surface area (Å²) in [6, 6.07) is 9.92. The number of nitriles is 1. The standard InChI is InChI=1S/C24H26FN3O3.C2H6/c1-14(27)18-11-17(8-9-21(18)28-23(29)31-24(2,3)4)30-22-7-5-6-15-10-16(13-26)20(25)12-19(15)22;1-2/h8-12,22,27H,5-7H2,1-4H3,(H,28,29);1-2H3. The second kappa shape index (κ2) is 11.0. The molecule has 0 saturated heterocycles. The first kappa shape index (κ1) is 25.9. The number of nitrogens with one attached hydrogen (secondary N) is 2. The van der Waals surface area contributed by atoms with E-state index in [2.05, 4.69) is 5.32 Å². The number of rotatable bonds is 4. The maximum atomic E-state index is 14.2. The molecule has 2 N–H and O–H groups in total. The normalized spacial score (nSPS) is 14.7. The van der Waals surface area contributed by atoms with Crippen molar-refractivity contribution in [3.05, 3.63) is 58.4 Å². The highest BCUT2D eigenvalue weighted by Gasteiger charge is 2.25. The number of nitrogens with zero attached hydrogens (tertiary/aromatic N) is 1. The Morgan fingerprint density at radius 1 is 1.24 bits per heavy atom. The highest BCUT2D eigenvalue weighted by Crippen LogP contribution is 2.36. The fraction of sp³-hybridized carbons (Fsp3) is 0.423. The number of benzene rings is 2. The molecule has 176 valence electrons. The van der Waals surface area contributed by atoms with Crippen LogP contribution in [0.3, 0.4) is 0 Å². The van der Waals surface area contributed by atoms with E-state index in [-0.39, 0.29) is 17.4 Å². The van der Waals surface area contributed by atoms with Gasteiger partial charge in [-0.15, -0.1) is 0 Å². The molecule has 1 aliphatic carbocycles. The molecule has 0 aliphatic heterocycles. The molecule has 2 aromatic carbocycles. The first-order chi connectivity index (χ1) is 15.6. The maximum absolute atomic E-state index is 14.2. The number of fused-ring (bicyclic) bond motifs is 1. The van der Waals surface area contributed by atoms with Crippen molar-refractivity contribution in [2.45, 2.75) is 72.5 Å². The predicted molar refractivity (Wildman–Crippen MR) is 128 cm³/mol. The van der Waals surface area contributed by atoms with Crippen LogP contribution in [0, 0.1) is 22.6 Å². The molecule has 0 bridgehead atoms. The number of anilines is 1. The molecule has 1 amide bonds. The monoisotopic (exact) mass is 453 g/mol. The summed E-state index contributed by atoms with van der Waals surface area (Å²) in [4.78, 5) is 12.1. The zero-order chi connectivity index (χ0) is 24.8. The lowest BCUT2D eigenvalue weighted by Crippen LogP contribution is -2.27. The third-order valence-electron chi connectivity index (χ3n) is 4.92. The molecular formula is C26H32FN3O3. The number of ether oxygens (including phenoxy) is 2. The van der Waals surface area contributed by atoms with Crippen LogP contribution in [0.4, 0.5) is 14.9 Å². The van der Waals surface area contributed by atoms with Gasteiger partial charge < -0.3 is 14.9 Å². The Hall–Kier alpha value is -3.40. The molecule has 6 nitrogen and oxygen atoms in total. The number of hydrogen-bond donors (Lipinski definition) is 2. The van der Waals surface area contributed by atoms with Crippen LogP contribution in [-0.4, -0.2) is 17.4 Å². The Morgan fingerprint density at radius 2 is 1.94 bits per heavy atom. The van der Waals surface area contributed by atoms with E-state index in [1.54, 1.807) is 52.0 Å². The van der Waals surface area contributed by atoms with Crippen LogP contribution in [-0.2, 0) is 11.2 Å². The van der Waals surface area contributed by atoms with Gasteiger partial charge in [0.1, 0.15) is 29.3 Å². The second-order valence-corrected chi connectivity index (χ2v) is 8.60. The molecule has 0 radical (unpaired) electrons. The van der Waals surface area contributed by atoms with Crippen molar-refractivity contribution < 1.29 is 18.7 Å². The Labute approximate surface area is 195 Å². The van der Waals surface area contributed by atoms with Crippen molar-refractivity contribution in [3.63, 3.8) is 0 Å². The summed E-state index contributed by atoms with van der Waals surface area (Å²) in [6.45, 7) is 10.9. The number of aryl methyl sites for hydroxylation is 1. The number of carbonyl (C=O) groups excluding carboxylic acids is 1. The van der Waals surface area contributed by atoms with E-state index in [4.69, 9.17) is 20.1 Å². The largest absolute Gasteiger partial charge is 0.486 e. The van der Waals surface area contributed by atoms with Crippen molar-refractivity contribution in [2.75, 3.05) is 5.32 Å². The third kappa shape index (κ3) is 6.79. The predicted octanol–water partition coefficient (Wildman–Crippen LogP) is 6.91. The minimum Gasteiger partial charge on any atom is -0.486 e. The van der Waals surface area contributed by atoms with Gasteiger partial charge in [-0.25, -0.2) is 9.18 Å². The molecule has 1 unspecified atom stereocenters. The van der Waals surface area contributed by atoms with E-state index in [1.165, 1.54) is 6.07 Å². The number of amides is 1. The second-order valence-electron chi connectivity index (χ2n) is 8.60. The van der Waals surface area contributed by atoms with Gasteiger partial charge in [0.2, 0.25) is 0 Å². The van der Waals surface area contributed by atoms with Crippen molar-refractivity contribution in [3.8, 4) is 11.8 Å². The average Bonchev–Trinajstić information content (AvgIpc) is 2.74. The number of halogens is 1. The first-order valence-electron chi connectivity index (χ1n) is 11.2. The summed E-state index contributed by atoms with van der Waals surface area (Å²) in [5.74, 6) is -0.0383. The minimum atomic E-state index is -0.637. The van der Waals surface area contributed by atoms with Crippen molar-refractivity contribution in [1.29, 1.82) is 10.7 Å². The summed E-state index contributed by atoms with van der Waals surface area (Å²) >= 11 is 0. The van der Waals surface area contributed by atoms with Gasteiger partial charge in [-0.3, -0.25) is 5.32 Å². The summed E-state index contributed by atoms with van der Waals surface area (Å²) < 4.78 is 25.6. The summed E-state index contributed by atoms with van der Waals surface area (Å²) in [5.41, 5.74) is 2.27. The van der Waals surface area contributed by atoms with Crippen LogP contribution >= 0.6 is 0 Å². The molecule has 7 heteroatoms. The smallest absolute Gasteiger partial charge is 0.412 e. The van der Waals surface area contributed by atoms with Gasteiger partial charge in [0.05, 0.1) is 11.3 Å². The lowest BCUT2D eigenvalue weighted by atomic mass is 9.88. The van der Waals surface area contributed by atoms with Gasteiger partial charge in [0, 0.05) is 11.3 Å². The first-order valence-corrected chi connectivity index (χ1v) is 11.2. The van der Waals surface area contributed by atoms with Gasteiger partial charge in [0.15, 0.2) is 0 Å².